The molecule has 7 nitrogen and oxygen atoms in total. The number of rotatable bonds is 9. The van der Waals surface area contributed by atoms with Gasteiger partial charge in [0.25, 0.3) is 0 Å². The molecule has 0 aliphatic heterocycles. The van der Waals surface area contributed by atoms with Gasteiger partial charge in [-0.2, -0.15) is 22.9 Å². The summed E-state index contributed by atoms with van der Waals surface area (Å²) in [4.78, 5) is 18.5. The Bertz CT molecular complexity index is 2920. The van der Waals surface area contributed by atoms with Gasteiger partial charge in [-0.25, -0.2) is 9.97 Å². The number of aryl methyl sites for hydroxylation is 2. The molecule has 298 valence electrons. The van der Waals surface area contributed by atoms with Crippen molar-refractivity contribution in [2.75, 3.05) is 0 Å². The molecule has 0 unspecified atom stereocenters. The summed E-state index contributed by atoms with van der Waals surface area (Å²) in [7, 11) is 0. The van der Waals surface area contributed by atoms with E-state index in [0.29, 0.717) is 28.9 Å². The van der Waals surface area contributed by atoms with Crippen LogP contribution in [0.4, 0.5) is 0 Å². The minimum absolute atomic E-state index is 0. The van der Waals surface area contributed by atoms with Crippen molar-refractivity contribution in [3.63, 3.8) is 0 Å². The molecule has 61 heavy (non-hydrogen) atoms. The maximum Gasteiger partial charge on any atom is 2.00 e. The minimum atomic E-state index is 0. The zero-order chi connectivity index (χ0) is 39.7. The molecule has 0 N–H and O–H groups in total. The van der Waals surface area contributed by atoms with E-state index in [1.807, 2.05) is 102 Å². The van der Waals surface area contributed by atoms with Crippen molar-refractivity contribution in [1.29, 1.82) is 0 Å². The van der Waals surface area contributed by atoms with Crippen LogP contribution in [0, 0.1) is 38.1 Å². The number of nitrogens with zero attached hydrogens (tertiary/aromatic N) is 5. The summed E-state index contributed by atoms with van der Waals surface area (Å²) in [5, 5.41) is 1.86. The summed E-state index contributed by atoms with van der Waals surface area (Å²) >= 11 is 0. The summed E-state index contributed by atoms with van der Waals surface area (Å²) < 4.78 is 15.5. The molecule has 0 saturated carbocycles. The third-order valence-electron chi connectivity index (χ3n) is 10.2. The summed E-state index contributed by atoms with van der Waals surface area (Å²) in [6, 6.07) is 60.3. The van der Waals surface area contributed by atoms with E-state index in [1.54, 1.807) is 30.9 Å². The van der Waals surface area contributed by atoms with Crippen molar-refractivity contribution in [2.45, 2.75) is 13.8 Å². The third-order valence-corrected chi connectivity index (χ3v) is 10.2. The van der Waals surface area contributed by atoms with E-state index in [-0.39, 0.29) is 41.5 Å². The van der Waals surface area contributed by atoms with Gasteiger partial charge in [0.05, 0.1) is 0 Å². The zero-order valence-corrected chi connectivity index (χ0v) is 36.6. The van der Waals surface area contributed by atoms with Crippen LogP contribution >= 0.6 is 0 Å². The maximum atomic E-state index is 6.78. The van der Waals surface area contributed by atoms with Crippen LogP contribution in [0.1, 0.15) is 11.1 Å². The fourth-order valence-electron chi connectivity index (χ4n) is 7.55. The molecule has 4 aromatic heterocycles. The van der Waals surface area contributed by atoms with Crippen molar-refractivity contribution in [3.05, 3.63) is 200 Å². The largest absolute Gasteiger partial charge is 2.00 e. The standard InChI is InChI=1S/C52H33N5O2.Pd.Pt/c1-34-28-38(44-18-9-11-24-53-44)30-48(50(34)36-14-5-3-6-15-36)58-40-20-22-42-43-23-21-41(33-47(43)57(46(42)32-40)52-55-26-13-27-56-52)59-49-31-39(45-19-10-12-25-54-45)29-35(2)51(49)37-16-7-4-8-17-37;;/h3-29H,1-2H3;;/q-4;2*+2. The number of pyridine rings is 2. The fourth-order valence-corrected chi connectivity index (χ4v) is 7.55. The van der Waals surface area contributed by atoms with Crippen LogP contribution in [0.15, 0.2) is 164 Å². The van der Waals surface area contributed by atoms with E-state index in [0.717, 1.165) is 77.7 Å². The van der Waals surface area contributed by atoms with Gasteiger partial charge in [0, 0.05) is 47.8 Å². The Balaban J connectivity index is 0.00000257. The molecule has 0 amide bonds. The van der Waals surface area contributed by atoms with Gasteiger partial charge in [0.15, 0.2) is 0 Å². The third kappa shape index (κ3) is 8.19. The smallest absolute Gasteiger partial charge is 0.502 e. The predicted octanol–water partition coefficient (Wildman–Crippen LogP) is 12.4. The van der Waals surface area contributed by atoms with Crippen LogP contribution in [0.2, 0.25) is 0 Å². The minimum Gasteiger partial charge on any atom is -0.502 e. The van der Waals surface area contributed by atoms with E-state index < -0.39 is 0 Å². The number of ether oxygens (including phenoxy) is 2. The van der Waals surface area contributed by atoms with Crippen LogP contribution in [0.25, 0.3) is 72.5 Å². The van der Waals surface area contributed by atoms with E-state index in [4.69, 9.17) is 9.47 Å². The molecule has 0 atom stereocenters. The Morgan fingerprint density at radius 2 is 0.885 bits per heavy atom. The second-order valence-electron chi connectivity index (χ2n) is 14.1. The molecule has 0 aliphatic carbocycles. The zero-order valence-electron chi connectivity index (χ0n) is 32.8. The molecule has 0 radical (unpaired) electrons. The predicted molar refractivity (Wildman–Crippen MR) is 232 cm³/mol. The fraction of sp³-hybridized carbons (Fsp3) is 0.0385. The van der Waals surface area contributed by atoms with Crippen molar-refractivity contribution in [2.24, 2.45) is 0 Å². The summed E-state index contributed by atoms with van der Waals surface area (Å²) in [6.45, 7) is 4.17. The Labute approximate surface area is 382 Å². The van der Waals surface area contributed by atoms with Crippen LogP contribution in [-0.4, -0.2) is 24.5 Å². The Morgan fingerprint density at radius 1 is 0.459 bits per heavy atom. The molecule has 10 rings (SSSR count). The van der Waals surface area contributed by atoms with Crippen molar-refractivity contribution < 1.29 is 51.0 Å². The molecule has 0 saturated heterocycles. The quantitative estimate of drug-likeness (QED) is 0.106. The molecule has 0 bridgehead atoms. The molecular weight excluding hydrogens is 1030 g/mol. The van der Waals surface area contributed by atoms with E-state index in [2.05, 4.69) is 94.4 Å². The van der Waals surface area contributed by atoms with Gasteiger partial charge in [-0.3, -0.25) is 0 Å². The average Bonchev–Trinajstić information content (AvgIpc) is 3.60. The monoisotopic (exact) mass is 1060 g/mol. The number of fused-ring (bicyclic) bond motifs is 3. The first-order valence-electron chi connectivity index (χ1n) is 19.2. The molecular formula is C52H33N5O2PdPt. The van der Waals surface area contributed by atoms with Gasteiger partial charge < -0.3 is 24.0 Å². The second kappa shape index (κ2) is 18.0. The van der Waals surface area contributed by atoms with Gasteiger partial charge in [0.2, 0.25) is 5.95 Å². The molecule has 0 fully saturated rings. The SMILES string of the molecule is Cc1cc(-c2ccccn2)[c-]c(Oc2[c-]c3c(cc2)c2ccc(Oc4[c-]c(-c5ccccn5)cc(C)c4-c4ccccc4)[c-]c2n3-c2ncccn2)c1-c1ccccc1.[Pd+2].[Pt+2]. The molecule has 6 aromatic carbocycles. The first-order chi connectivity index (χ1) is 29.1. The number of aromatic nitrogens is 5. The van der Waals surface area contributed by atoms with Crippen LogP contribution < -0.4 is 9.47 Å². The molecule has 9 heteroatoms. The first kappa shape index (κ1) is 41.2. The number of hydrogen-bond acceptors (Lipinski definition) is 6. The second-order valence-corrected chi connectivity index (χ2v) is 14.1. The summed E-state index contributed by atoms with van der Waals surface area (Å²) in [5.41, 5.74) is 10.7. The van der Waals surface area contributed by atoms with E-state index in [1.165, 1.54) is 0 Å². The topological polar surface area (TPSA) is 75.0 Å². The Kier molecular flexibility index (Phi) is 12.1. The van der Waals surface area contributed by atoms with Crippen molar-refractivity contribution in [1.82, 2.24) is 24.5 Å². The number of benzene rings is 6. The molecule has 0 aliphatic rings. The summed E-state index contributed by atoms with van der Waals surface area (Å²) in [5.74, 6) is 2.61. The van der Waals surface area contributed by atoms with Crippen molar-refractivity contribution >= 4 is 21.8 Å². The van der Waals surface area contributed by atoms with Gasteiger partial charge in [-0.05, 0) is 29.6 Å². The van der Waals surface area contributed by atoms with Gasteiger partial charge >= 0.3 is 41.5 Å². The molecule has 0 spiro atoms. The maximum absolute atomic E-state index is 6.78. The van der Waals surface area contributed by atoms with Gasteiger partial charge in [0.1, 0.15) is 0 Å². The first-order valence-corrected chi connectivity index (χ1v) is 19.2. The van der Waals surface area contributed by atoms with Crippen molar-refractivity contribution in [3.8, 4) is 73.7 Å². The normalized spacial score (nSPS) is 10.9. The van der Waals surface area contributed by atoms with E-state index >= 15 is 0 Å². The van der Waals surface area contributed by atoms with Crippen LogP contribution in [-0.2, 0) is 41.5 Å². The van der Waals surface area contributed by atoms with Gasteiger partial charge in [-0.1, -0.05) is 144 Å². The van der Waals surface area contributed by atoms with Crippen LogP contribution in [0.5, 0.6) is 23.0 Å². The molecule has 10 aromatic rings. The number of hydrogen-bond donors (Lipinski definition) is 0. The van der Waals surface area contributed by atoms with Crippen LogP contribution in [0.3, 0.4) is 0 Å². The Hall–Kier alpha value is -6.55. The summed E-state index contributed by atoms with van der Waals surface area (Å²) in [6.07, 6.45) is 7.01. The Morgan fingerprint density at radius 3 is 1.31 bits per heavy atom. The van der Waals surface area contributed by atoms with Gasteiger partial charge in [-0.15, -0.1) is 58.7 Å². The van der Waals surface area contributed by atoms with E-state index in [9.17, 15) is 0 Å². The average molecular weight is 1060 g/mol. The molecule has 4 heterocycles.